The summed E-state index contributed by atoms with van der Waals surface area (Å²) in [4.78, 5) is 20.5. The smallest absolute Gasteiger partial charge is 0.295 e. The molecule has 1 unspecified atom stereocenters. The van der Waals surface area contributed by atoms with Crippen molar-refractivity contribution in [2.45, 2.75) is 18.9 Å². The molecule has 0 aromatic carbocycles. The van der Waals surface area contributed by atoms with Gasteiger partial charge in [-0.1, -0.05) is 5.16 Å². The van der Waals surface area contributed by atoms with Crippen molar-refractivity contribution in [3.05, 3.63) is 11.7 Å². The van der Waals surface area contributed by atoms with Crippen LogP contribution >= 0.6 is 0 Å². The van der Waals surface area contributed by atoms with Gasteiger partial charge in [-0.2, -0.15) is 4.98 Å². The summed E-state index contributed by atoms with van der Waals surface area (Å²) in [5.74, 6) is 0.601. The fourth-order valence-corrected chi connectivity index (χ4v) is 2.51. The Bertz CT molecular complexity index is 447. The number of likely N-dealkylation sites (N-methyl/N-ethyl adjacent to an activating group) is 1. The van der Waals surface area contributed by atoms with Gasteiger partial charge >= 0.3 is 0 Å². The molecule has 104 valence electrons. The van der Waals surface area contributed by atoms with E-state index < -0.39 is 0 Å². The summed E-state index contributed by atoms with van der Waals surface area (Å²) < 4.78 is 5.20. The zero-order chi connectivity index (χ0) is 13.2. The number of nitrogens with one attached hydrogen (secondary N) is 1. The van der Waals surface area contributed by atoms with E-state index in [0.29, 0.717) is 5.89 Å². The third-order valence-corrected chi connectivity index (χ3v) is 3.78. The largest absolute Gasteiger partial charge is 0.337 e. The molecule has 1 aromatic rings. The number of amides is 1. The van der Waals surface area contributed by atoms with E-state index in [2.05, 4.69) is 27.4 Å². The van der Waals surface area contributed by atoms with Crippen LogP contribution in [-0.2, 0) is 0 Å². The van der Waals surface area contributed by atoms with Crippen molar-refractivity contribution in [3.63, 3.8) is 0 Å². The summed E-state index contributed by atoms with van der Waals surface area (Å²) in [7, 11) is 2.06. The Morgan fingerprint density at radius 1 is 1.37 bits per heavy atom. The van der Waals surface area contributed by atoms with Gasteiger partial charge in [0, 0.05) is 26.2 Å². The number of carbonyl (C=O) groups excluding carboxylic acids is 1. The molecule has 1 aromatic heterocycles. The number of nitrogens with zero attached hydrogens (tertiary/aromatic N) is 4. The summed E-state index contributed by atoms with van der Waals surface area (Å²) in [5, 5.41) is 7.11. The van der Waals surface area contributed by atoms with Gasteiger partial charge in [0.1, 0.15) is 0 Å². The standard InChI is InChI=1S/C12H19N5O2/c1-16-5-7-17(8-6-16)12(18)10-14-11(19-15-10)9-3-2-4-13-9/h9,13H,2-8H2,1H3. The summed E-state index contributed by atoms with van der Waals surface area (Å²) in [5.41, 5.74) is 0. The van der Waals surface area contributed by atoms with Crippen molar-refractivity contribution in [2.75, 3.05) is 39.8 Å². The highest BCUT2D eigenvalue weighted by molar-refractivity contribution is 5.90. The number of carbonyl (C=O) groups is 1. The molecule has 19 heavy (non-hydrogen) atoms. The van der Waals surface area contributed by atoms with Crippen LogP contribution in [0.2, 0.25) is 0 Å². The maximum absolute atomic E-state index is 12.2. The Hall–Kier alpha value is -1.47. The molecule has 0 radical (unpaired) electrons. The van der Waals surface area contributed by atoms with Gasteiger partial charge in [-0.25, -0.2) is 0 Å². The van der Waals surface area contributed by atoms with Gasteiger partial charge in [0.15, 0.2) is 0 Å². The third kappa shape index (κ3) is 2.62. The average molecular weight is 265 g/mol. The first-order valence-electron chi connectivity index (χ1n) is 6.79. The molecule has 1 N–H and O–H groups in total. The molecule has 0 saturated carbocycles. The highest BCUT2D eigenvalue weighted by atomic mass is 16.5. The molecule has 1 amide bonds. The molecule has 3 heterocycles. The summed E-state index contributed by atoms with van der Waals surface area (Å²) >= 11 is 0. The monoisotopic (exact) mass is 265 g/mol. The van der Waals surface area contributed by atoms with Gasteiger partial charge in [-0.15, -0.1) is 0 Å². The first-order valence-corrected chi connectivity index (χ1v) is 6.79. The number of aromatic nitrogens is 2. The lowest BCUT2D eigenvalue weighted by atomic mass is 10.2. The van der Waals surface area contributed by atoms with E-state index in [-0.39, 0.29) is 17.8 Å². The van der Waals surface area contributed by atoms with E-state index >= 15 is 0 Å². The van der Waals surface area contributed by atoms with E-state index in [4.69, 9.17) is 4.52 Å². The van der Waals surface area contributed by atoms with Crippen LogP contribution in [0.3, 0.4) is 0 Å². The molecule has 7 nitrogen and oxygen atoms in total. The van der Waals surface area contributed by atoms with Gasteiger partial charge in [-0.3, -0.25) is 4.79 Å². The molecule has 2 aliphatic heterocycles. The predicted molar refractivity (Wildman–Crippen MR) is 67.7 cm³/mol. The van der Waals surface area contributed by atoms with Crippen molar-refractivity contribution < 1.29 is 9.32 Å². The Morgan fingerprint density at radius 3 is 2.84 bits per heavy atom. The topological polar surface area (TPSA) is 74.5 Å². The molecule has 0 aliphatic carbocycles. The average Bonchev–Trinajstić information content (AvgIpc) is 3.10. The van der Waals surface area contributed by atoms with E-state index in [9.17, 15) is 4.79 Å². The quantitative estimate of drug-likeness (QED) is 0.803. The van der Waals surface area contributed by atoms with Gasteiger partial charge in [-0.05, 0) is 26.4 Å². The van der Waals surface area contributed by atoms with Crippen molar-refractivity contribution in [1.29, 1.82) is 0 Å². The van der Waals surface area contributed by atoms with Gasteiger partial charge in [0.05, 0.1) is 6.04 Å². The Kier molecular flexibility index (Phi) is 3.48. The molecule has 0 spiro atoms. The van der Waals surface area contributed by atoms with Crippen LogP contribution < -0.4 is 5.32 Å². The van der Waals surface area contributed by atoms with Crippen molar-refractivity contribution in [1.82, 2.24) is 25.3 Å². The highest BCUT2D eigenvalue weighted by Gasteiger charge is 2.27. The Morgan fingerprint density at radius 2 is 2.16 bits per heavy atom. The molecule has 2 saturated heterocycles. The van der Waals surface area contributed by atoms with E-state index in [0.717, 1.165) is 45.6 Å². The number of rotatable bonds is 2. The second-order valence-electron chi connectivity index (χ2n) is 5.20. The van der Waals surface area contributed by atoms with Gasteiger partial charge < -0.3 is 19.6 Å². The van der Waals surface area contributed by atoms with Crippen LogP contribution in [-0.4, -0.2) is 65.6 Å². The lowest BCUT2D eigenvalue weighted by Gasteiger charge is -2.31. The fraction of sp³-hybridized carbons (Fsp3) is 0.750. The Labute approximate surface area is 111 Å². The first kappa shape index (κ1) is 12.6. The minimum absolute atomic E-state index is 0.113. The zero-order valence-corrected chi connectivity index (χ0v) is 11.1. The normalized spacial score (nSPS) is 24.9. The third-order valence-electron chi connectivity index (χ3n) is 3.78. The molecule has 1 atom stereocenters. The first-order chi connectivity index (χ1) is 9.24. The van der Waals surface area contributed by atoms with E-state index in [1.54, 1.807) is 4.90 Å². The van der Waals surface area contributed by atoms with Crippen LogP contribution in [0.25, 0.3) is 0 Å². The second kappa shape index (κ2) is 5.26. The molecule has 2 aliphatic rings. The minimum atomic E-state index is -0.124. The summed E-state index contributed by atoms with van der Waals surface area (Å²) in [6.45, 7) is 4.19. The van der Waals surface area contributed by atoms with Gasteiger partial charge in [0.2, 0.25) is 5.89 Å². The number of hydrogen-bond donors (Lipinski definition) is 1. The SMILES string of the molecule is CN1CCN(C(=O)c2noc(C3CCCN3)n2)CC1. The van der Waals surface area contributed by atoms with Crippen LogP contribution in [0.5, 0.6) is 0 Å². The fourth-order valence-electron chi connectivity index (χ4n) is 2.51. The number of piperazine rings is 1. The van der Waals surface area contributed by atoms with Crippen molar-refractivity contribution in [3.8, 4) is 0 Å². The summed E-state index contributed by atoms with van der Waals surface area (Å²) in [6, 6.07) is 0.113. The lowest BCUT2D eigenvalue weighted by molar-refractivity contribution is 0.0648. The van der Waals surface area contributed by atoms with E-state index in [1.807, 2.05) is 0 Å². The number of hydrogen-bond acceptors (Lipinski definition) is 6. The molecule has 3 rings (SSSR count). The maximum Gasteiger partial charge on any atom is 0.295 e. The van der Waals surface area contributed by atoms with Crippen molar-refractivity contribution >= 4 is 5.91 Å². The van der Waals surface area contributed by atoms with Crippen LogP contribution in [0, 0.1) is 0 Å². The Balaban J connectivity index is 1.66. The second-order valence-corrected chi connectivity index (χ2v) is 5.20. The minimum Gasteiger partial charge on any atom is -0.337 e. The highest BCUT2D eigenvalue weighted by Crippen LogP contribution is 2.21. The van der Waals surface area contributed by atoms with Crippen molar-refractivity contribution in [2.24, 2.45) is 0 Å². The molecule has 0 bridgehead atoms. The summed E-state index contributed by atoms with van der Waals surface area (Å²) in [6.07, 6.45) is 2.10. The molecule has 7 heteroatoms. The zero-order valence-electron chi connectivity index (χ0n) is 11.1. The predicted octanol–water partition coefficient (Wildman–Crippen LogP) is -0.118. The molecule has 2 fully saturated rings. The van der Waals surface area contributed by atoms with Crippen LogP contribution in [0.1, 0.15) is 35.4 Å². The van der Waals surface area contributed by atoms with Crippen LogP contribution in [0.15, 0.2) is 4.52 Å². The molecular weight excluding hydrogens is 246 g/mol. The van der Waals surface area contributed by atoms with Crippen LogP contribution in [0.4, 0.5) is 0 Å². The van der Waals surface area contributed by atoms with Gasteiger partial charge in [0.25, 0.3) is 11.7 Å². The maximum atomic E-state index is 12.2. The molecular formula is C12H19N5O2. The lowest BCUT2D eigenvalue weighted by Crippen LogP contribution is -2.47. The van der Waals surface area contributed by atoms with E-state index in [1.165, 1.54) is 0 Å².